The highest BCUT2D eigenvalue weighted by Gasteiger charge is 2.40. The molecular formula is C26H18IN5. The van der Waals surface area contributed by atoms with Crippen LogP contribution in [0.1, 0.15) is 16.7 Å². The molecule has 5 nitrogen and oxygen atoms in total. The Hall–Kier alpha value is -3.61. The van der Waals surface area contributed by atoms with Crippen molar-refractivity contribution in [2.45, 2.75) is 5.54 Å². The van der Waals surface area contributed by atoms with Crippen LogP contribution in [0.2, 0.25) is 0 Å². The highest BCUT2D eigenvalue weighted by atomic mass is 127. The molecule has 0 atom stereocenters. The van der Waals surface area contributed by atoms with Gasteiger partial charge >= 0.3 is 0 Å². The molecule has 154 valence electrons. The van der Waals surface area contributed by atoms with Crippen LogP contribution in [0.15, 0.2) is 114 Å². The first kappa shape index (κ1) is 20.3. The van der Waals surface area contributed by atoms with Crippen LogP contribution in [0.3, 0.4) is 0 Å². The van der Waals surface area contributed by atoms with E-state index in [0.717, 1.165) is 31.3 Å². The molecule has 1 heterocycles. The van der Waals surface area contributed by atoms with Crippen LogP contribution >= 0.6 is 22.6 Å². The number of benzene rings is 4. The van der Waals surface area contributed by atoms with E-state index in [0.29, 0.717) is 5.69 Å². The summed E-state index contributed by atoms with van der Waals surface area (Å²) in [6.07, 6.45) is 0. The van der Waals surface area contributed by atoms with Gasteiger partial charge in [-0.25, -0.2) is 4.68 Å². The lowest BCUT2D eigenvalue weighted by Gasteiger charge is -2.37. The zero-order chi connectivity index (χ0) is 22.0. The van der Waals surface area contributed by atoms with Crippen molar-refractivity contribution in [3.63, 3.8) is 0 Å². The topological polar surface area (TPSA) is 66.6 Å². The highest BCUT2D eigenvalue weighted by Crippen LogP contribution is 2.43. The standard InChI is InChI=1S/C26H18IN5/c27-25-23-18-22(29-31-28)16-17-24(23)32(30-25)26(19-10-4-1-5-11-19,20-12-6-2-7-13-20)21-14-8-3-9-15-21/h1-18H. The maximum atomic E-state index is 8.88. The van der Waals surface area contributed by atoms with Crippen LogP contribution in [0.25, 0.3) is 21.3 Å². The second-order valence-corrected chi connectivity index (χ2v) is 8.42. The third kappa shape index (κ3) is 3.25. The van der Waals surface area contributed by atoms with Gasteiger partial charge in [0.2, 0.25) is 0 Å². The number of halogens is 1. The Morgan fingerprint density at radius 2 is 1.25 bits per heavy atom. The van der Waals surface area contributed by atoms with Crippen molar-refractivity contribution >= 4 is 39.2 Å². The van der Waals surface area contributed by atoms with E-state index in [9.17, 15) is 0 Å². The van der Waals surface area contributed by atoms with Crippen molar-refractivity contribution in [1.82, 2.24) is 9.78 Å². The van der Waals surface area contributed by atoms with Crippen LogP contribution in [0.5, 0.6) is 0 Å². The molecule has 5 aromatic rings. The van der Waals surface area contributed by atoms with Crippen LogP contribution in [0, 0.1) is 3.70 Å². The number of aromatic nitrogens is 2. The van der Waals surface area contributed by atoms with E-state index >= 15 is 0 Å². The van der Waals surface area contributed by atoms with E-state index in [1.54, 1.807) is 0 Å². The van der Waals surface area contributed by atoms with Gasteiger partial charge < -0.3 is 0 Å². The molecule has 0 saturated heterocycles. The van der Waals surface area contributed by atoms with Crippen LogP contribution in [-0.2, 0) is 5.54 Å². The molecule has 0 aliphatic carbocycles. The third-order valence-corrected chi connectivity index (χ3v) is 6.47. The van der Waals surface area contributed by atoms with Crippen molar-refractivity contribution in [3.05, 3.63) is 140 Å². The molecule has 5 rings (SSSR count). The largest absolute Gasteiger partial charge is 0.244 e. The van der Waals surface area contributed by atoms with Crippen LogP contribution < -0.4 is 0 Å². The van der Waals surface area contributed by atoms with Gasteiger partial charge in [0.15, 0.2) is 0 Å². The van der Waals surface area contributed by atoms with Crippen LogP contribution in [-0.4, -0.2) is 9.78 Å². The number of fused-ring (bicyclic) bond motifs is 1. The van der Waals surface area contributed by atoms with Crippen molar-refractivity contribution < 1.29 is 0 Å². The molecule has 0 radical (unpaired) electrons. The average Bonchev–Trinajstić information content (AvgIpc) is 3.18. The smallest absolute Gasteiger partial charge is 0.138 e. The summed E-state index contributed by atoms with van der Waals surface area (Å²) >= 11 is 2.26. The summed E-state index contributed by atoms with van der Waals surface area (Å²) in [5.41, 5.74) is 13.0. The summed E-state index contributed by atoms with van der Waals surface area (Å²) in [5.74, 6) is 0. The summed E-state index contributed by atoms with van der Waals surface area (Å²) in [7, 11) is 0. The molecule has 0 aliphatic rings. The Bertz CT molecular complexity index is 1330. The van der Waals surface area contributed by atoms with Gasteiger partial charge in [0.05, 0.1) is 5.52 Å². The van der Waals surface area contributed by atoms with Gasteiger partial charge in [-0.2, -0.15) is 5.10 Å². The summed E-state index contributed by atoms with van der Waals surface area (Å²) in [6, 6.07) is 37.1. The summed E-state index contributed by atoms with van der Waals surface area (Å²) in [6.45, 7) is 0. The first-order valence-electron chi connectivity index (χ1n) is 10.2. The lowest BCUT2D eigenvalue weighted by molar-refractivity contribution is 0.473. The zero-order valence-corrected chi connectivity index (χ0v) is 19.2. The maximum Gasteiger partial charge on any atom is 0.138 e. The first-order chi connectivity index (χ1) is 15.7. The molecule has 1 aromatic heterocycles. The monoisotopic (exact) mass is 527 g/mol. The summed E-state index contributed by atoms with van der Waals surface area (Å²) < 4.78 is 2.95. The predicted octanol–water partition coefficient (Wildman–Crippen LogP) is 7.42. The SMILES string of the molecule is [N-]=[N+]=Nc1ccc2c(c1)c(I)nn2C(c1ccccc1)(c1ccccc1)c1ccccc1. The Morgan fingerprint density at radius 3 is 1.72 bits per heavy atom. The molecule has 0 N–H and O–H groups in total. The molecule has 0 fully saturated rings. The van der Waals surface area contributed by atoms with E-state index < -0.39 is 5.54 Å². The van der Waals surface area contributed by atoms with Crippen molar-refractivity contribution in [2.75, 3.05) is 0 Å². The fourth-order valence-electron chi connectivity index (χ4n) is 4.34. The van der Waals surface area contributed by atoms with Gasteiger partial charge in [0.1, 0.15) is 9.24 Å². The van der Waals surface area contributed by atoms with Gasteiger partial charge in [0.25, 0.3) is 0 Å². The van der Waals surface area contributed by atoms with Gasteiger partial charge in [-0.3, -0.25) is 0 Å². The van der Waals surface area contributed by atoms with Gasteiger partial charge in [-0.05, 0) is 56.9 Å². The van der Waals surface area contributed by atoms with E-state index in [1.165, 1.54) is 0 Å². The van der Waals surface area contributed by atoms with E-state index in [4.69, 9.17) is 10.6 Å². The number of rotatable bonds is 5. The number of hydrogen-bond acceptors (Lipinski definition) is 2. The normalized spacial score (nSPS) is 11.3. The second-order valence-electron chi connectivity index (χ2n) is 7.40. The molecule has 0 unspecified atom stereocenters. The molecule has 4 aromatic carbocycles. The molecule has 0 saturated carbocycles. The second kappa shape index (κ2) is 8.49. The first-order valence-corrected chi connectivity index (χ1v) is 11.2. The van der Waals surface area contributed by atoms with Crippen molar-refractivity contribution in [2.24, 2.45) is 5.11 Å². The molecular weight excluding hydrogens is 509 g/mol. The number of hydrogen-bond donors (Lipinski definition) is 0. The molecule has 6 heteroatoms. The minimum Gasteiger partial charge on any atom is -0.244 e. The number of azide groups is 1. The van der Waals surface area contributed by atoms with Crippen LogP contribution in [0.4, 0.5) is 5.69 Å². The van der Waals surface area contributed by atoms with Gasteiger partial charge in [0, 0.05) is 16.0 Å². The minimum atomic E-state index is -0.689. The summed E-state index contributed by atoms with van der Waals surface area (Å²) in [5, 5.41) is 9.79. The fraction of sp³-hybridized carbons (Fsp3) is 0.0385. The van der Waals surface area contributed by atoms with Gasteiger partial charge in [-0.1, -0.05) is 102 Å². The Morgan fingerprint density at radius 1 is 0.750 bits per heavy atom. The summed E-state index contributed by atoms with van der Waals surface area (Å²) in [4.78, 5) is 2.94. The van der Waals surface area contributed by atoms with E-state index in [2.05, 4.69) is 110 Å². The molecule has 0 aliphatic heterocycles. The molecule has 0 amide bonds. The van der Waals surface area contributed by atoms with Crippen molar-refractivity contribution in [3.8, 4) is 0 Å². The Kier molecular flexibility index (Phi) is 5.39. The lowest BCUT2D eigenvalue weighted by atomic mass is 9.77. The maximum absolute atomic E-state index is 8.88. The third-order valence-electron chi connectivity index (χ3n) is 5.67. The fourth-order valence-corrected chi connectivity index (χ4v) is 4.99. The van der Waals surface area contributed by atoms with Gasteiger partial charge in [-0.15, -0.1) is 0 Å². The highest BCUT2D eigenvalue weighted by molar-refractivity contribution is 14.1. The van der Waals surface area contributed by atoms with E-state index in [-0.39, 0.29) is 0 Å². The van der Waals surface area contributed by atoms with E-state index in [1.807, 2.05) is 36.4 Å². The molecule has 0 spiro atoms. The average molecular weight is 527 g/mol. The zero-order valence-electron chi connectivity index (χ0n) is 17.0. The minimum absolute atomic E-state index is 0.571. The Balaban J connectivity index is 1.95. The lowest BCUT2D eigenvalue weighted by Crippen LogP contribution is -2.38. The van der Waals surface area contributed by atoms with Crippen molar-refractivity contribution in [1.29, 1.82) is 0 Å². The number of nitrogens with zero attached hydrogens (tertiary/aromatic N) is 5. The predicted molar refractivity (Wildman–Crippen MR) is 136 cm³/mol. The quantitative estimate of drug-likeness (QED) is 0.0771. The Labute approximate surface area is 199 Å². The molecule has 0 bridgehead atoms. The molecule has 32 heavy (non-hydrogen) atoms.